The monoisotopic (exact) mass is 230 g/mol. The zero-order valence-corrected chi connectivity index (χ0v) is 11.5. The van der Waals surface area contributed by atoms with Gasteiger partial charge in [-0.3, -0.25) is 0 Å². The lowest BCUT2D eigenvalue weighted by Gasteiger charge is -2.20. The number of aliphatic hydroxyl groups is 1. The lowest BCUT2D eigenvalue weighted by Crippen LogP contribution is -2.25. The van der Waals surface area contributed by atoms with E-state index in [0.29, 0.717) is 12.5 Å². The van der Waals surface area contributed by atoms with Crippen LogP contribution in [0.1, 0.15) is 66.2 Å². The summed E-state index contributed by atoms with van der Waals surface area (Å²) in [5.41, 5.74) is 0. The molecular weight excluding hydrogens is 200 g/mol. The molecule has 0 aromatic rings. The summed E-state index contributed by atoms with van der Waals surface area (Å²) < 4.78 is 5.66. The van der Waals surface area contributed by atoms with E-state index in [1.807, 2.05) is 0 Å². The molecule has 0 heterocycles. The molecule has 2 nitrogen and oxygen atoms in total. The van der Waals surface area contributed by atoms with Crippen LogP contribution in [0.3, 0.4) is 0 Å². The maximum atomic E-state index is 9.75. The van der Waals surface area contributed by atoms with Crippen molar-refractivity contribution < 1.29 is 9.84 Å². The Balaban J connectivity index is 3.45. The highest BCUT2D eigenvalue weighted by Crippen LogP contribution is 2.11. The molecule has 0 radical (unpaired) electrons. The average molecular weight is 230 g/mol. The highest BCUT2D eigenvalue weighted by molar-refractivity contribution is 4.63. The largest absolute Gasteiger partial charge is 0.390 e. The molecule has 0 saturated carbocycles. The second-order valence-corrected chi connectivity index (χ2v) is 4.95. The summed E-state index contributed by atoms with van der Waals surface area (Å²) in [5, 5.41) is 9.75. The molecule has 0 spiro atoms. The normalized spacial score (nSPS) is 17.1. The molecule has 3 unspecified atom stereocenters. The van der Waals surface area contributed by atoms with Crippen LogP contribution in [0.15, 0.2) is 0 Å². The number of rotatable bonds is 10. The average Bonchev–Trinajstić information content (AvgIpc) is 2.30. The van der Waals surface area contributed by atoms with E-state index < -0.39 is 0 Å². The Morgan fingerprint density at radius 1 is 1.06 bits per heavy atom. The minimum absolute atomic E-state index is 0.288. The Bertz CT molecular complexity index is 148. The molecule has 2 heteroatoms. The maximum absolute atomic E-state index is 9.75. The van der Waals surface area contributed by atoms with E-state index in [9.17, 15) is 5.11 Å². The topological polar surface area (TPSA) is 29.5 Å². The number of unbranched alkanes of at least 4 members (excludes halogenated alkanes) is 3. The minimum Gasteiger partial charge on any atom is -0.390 e. The molecule has 0 fully saturated rings. The molecule has 0 aromatic carbocycles. The van der Waals surface area contributed by atoms with Crippen molar-refractivity contribution in [3.05, 3.63) is 0 Å². The van der Waals surface area contributed by atoms with Gasteiger partial charge in [-0.1, -0.05) is 52.9 Å². The van der Waals surface area contributed by atoms with Crippen LogP contribution in [-0.2, 0) is 4.74 Å². The molecule has 0 amide bonds. The van der Waals surface area contributed by atoms with Crippen molar-refractivity contribution in [1.29, 1.82) is 0 Å². The molecule has 1 N–H and O–H groups in total. The van der Waals surface area contributed by atoms with Crippen LogP contribution in [-0.4, -0.2) is 23.9 Å². The lowest BCUT2D eigenvalue weighted by molar-refractivity contribution is -0.0257. The Morgan fingerprint density at radius 3 is 2.31 bits per heavy atom. The third-order valence-electron chi connectivity index (χ3n) is 3.32. The van der Waals surface area contributed by atoms with Gasteiger partial charge in [-0.05, 0) is 19.3 Å². The summed E-state index contributed by atoms with van der Waals surface area (Å²) in [7, 11) is 0. The van der Waals surface area contributed by atoms with E-state index in [-0.39, 0.29) is 12.2 Å². The van der Waals surface area contributed by atoms with Gasteiger partial charge in [0, 0.05) is 0 Å². The first kappa shape index (κ1) is 15.9. The molecule has 98 valence electrons. The summed E-state index contributed by atoms with van der Waals surface area (Å²) in [6, 6.07) is 0. The van der Waals surface area contributed by atoms with Crippen LogP contribution < -0.4 is 0 Å². The first-order chi connectivity index (χ1) is 7.61. The van der Waals surface area contributed by atoms with Crippen molar-refractivity contribution >= 4 is 0 Å². The third-order valence-corrected chi connectivity index (χ3v) is 3.32. The van der Waals surface area contributed by atoms with Crippen LogP contribution in [0, 0.1) is 5.92 Å². The third kappa shape index (κ3) is 8.12. The Kier molecular flexibility index (Phi) is 10.0. The van der Waals surface area contributed by atoms with Gasteiger partial charge in [-0.15, -0.1) is 0 Å². The van der Waals surface area contributed by atoms with Crippen molar-refractivity contribution in [2.45, 2.75) is 78.4 Å². The number of hydrogen-bond donors (Lipinski definition) is 1. The van der Waals surface area contributed by atoms with Crippen LogP contribution in [0.25, 0.3) is 0 Å². The van der Waals surface area contributed by atoms with Crippen molar-refractivity contribution in [2.24, 2.45) is 5.92 Å². The predicted octanol–water partition coefficient (Wildman–Crippen LogP) is 3.77. The Hall–Kier alpha value is -0.0800. The summed E-state index contributed by atoms with van der Waals surface area (Å²) >= 11 is 0. The molecule has 0 aliphatic carbocycles. The maximum Gasteiger partial charge on any atom is 0.0799 e. The predicted molar refractivity (Wildman–Crippen MR) is 69.6 cm³/mol. The fourth-order valence-corrected chi connectivity index (χ4v) is 1.64. The fraction of sp³-hybridized carbons (Fsp3) is 1.00. The SMILES string of the molecule is CCCCCCC(C)OCC(O)C(C)CC. The summed E-state index contributed by atoms with van der Waals surface area (Å²) in [4.78, 5) is 0. The van der Waals surface area contributed by atoms with Crippen LogP contribution in [0.2, 0.25) is 0 Å². The van der Waals surface area contributed by atoms with Gasteiger partial charge in [0.1, 0.15) is 0 Å². The molecular formula is C14H30O2. The number of hydrogen-bond acceptors (Lipinski definition) is 2. The molecule has 0 aliphatic heterocycles. The first-order valence-corrected chi connectivity index (χ1v) is 6.91. The zero-order valence-electron chi connectivity index (χ0n) is 11.5. The standard InChI is InChI=1S/C14H30O2/c1-5-7-8-9-10-13(4)16-11-14(15)12(3)6-2/h12-15H,5-11H2,1-4H3. The van der Waals surface area contributed by atoms with E-state index in [4.69, 9.17) is 4.74 Å². The van der Waals surface area contributed by atoms with E-state index in [1.54, 1.807) is 0 Å². The lowest BCUT2D eigenvalue weighted by atomic mass is 10.0. The van der Waals surface area contributed by atoms with E-state index in [0.717, 1.165) is 12.8 Å². The smallest absolute Gasteiger partial charge is 0.0799 e. The van der Waals surface area contributed by atoms with Gasteiger partial charge in [-0.25, -0.2) is 0 Å². The quantitative estimate of drug-likeness (QED) is 0.579. The number of aliphatic hydroxyl groups excluding tert-OH is 1. The Labute approximate surface area is 101 Å². The van der Waals surface area contributed by atoms with E-state index in [1.165, 1.54) is 25.7 Å². The fourth-order valence-electron chi connectivity index (χ4n) is 1.64. The van der Waals surface area contributed by atoms with Crippen molar-refractivity contribution in [1.82, 2.24) is 0 Å². The van der Waals surface area contributed by atoms with Crippen LogP contribution >= 0.6 is 0 Å². The van der Waals surface area contributed by atoms with Gasteiger partial charge in [0.15, 0.2) is 0 Å². The van der Waals surface area contributed by atoms with Crippen LogP contribution in [0.4, 0.5) is 0 Å². The second-order valence-electron chi connectivity index (χ2n) is 4.95. The summed E-state index contributed by atoms with van der Waals surface area (Å²) in [6.45, 7) is 8.99. The van der Waals surface area contributed by atoms with Gasteiger partial charge in [0.2, 0.25) is 0 Å². The summed E-state index contributed by atoms with van der Waals surface area (Å²) in [6.07, 6.45) is 7.26. The molecule has 0 aromatic heterocycles. The second kappa shape index (κ2) is 10.1. The highest BCUT2D eigenvalue weighted by atomic mass is 16.5. The van der Waals surface area contributed by atoms with Gasteiger partial charge < -0.3 is 9.84 Å². The zero-order chi connectivity index (χ0) is 12.4. The van der Waals surface area contributed by atoms with E-state index in [2.05, 4.69) is 27.7 Å². The molecule has 0 saturated heterocycles. The van der Waals surface area contributed by atoms with Crippen molar-refractivity contribution in [3.63, 3.8) is 0 Å². The summed E-state index contributed by atoms with van der Waals surface area (Å²) in [5.74, 6) is 0.340. The van der Waals surface area contributed by atoms with Crippen molar-refractivity contribution in [2.75, 3.05) is 6.61 Å². The van der Waals surface area contributed by atoms with Crippen molar-refractivity contribution in [3.8, 4) is 0 Å². The van der Waals surface area contributed by atoms with Gasteiger partial charge >= 0.3 is 0 Å². The molecule has 3 atom stereocenters. The molecule has 0 bridgehead atoms. The molecule has 0 aliphatic rings. The van der Waals surface area contributed by atoms with Crippen LogP contribution in [0.5, 0.6) is 0 Å². The van der Waals surface area contributed by atoms with E-state index >= 15 is 0 Å². The van der Waals surface area contributed by atoms with Gasteiger partial charge in [0.05, 0.1) is 18.8 Å². The minimum atomic E-state index is -0.303. The molecule has 0 rings (SSSR count). The Morgan fingerprint density at radius 2 is 1.75 bits per heavy atom. The highest BCUT2D eigenvalue weighted by Gasteiger charge is 2.13. The number of ether oxygens (including phenoxy) is 1. The van der Waals surface area contributed by atoms with Gasteiger partial charge in [0.25, 0.3) is 0 Å². The van der Waals surface area contributed by atoms with Gasteiger partial charge in [-0.2, -0.15) is 0 Å². The molecule has 16 heavy (non-hydrogen) atoms. The first-order valence-electron chi connectivity index (χ1n) is 6.91.